The molecular formula is C23H26N4O2S. The number of piperazine rings is 1. The van der Waals surface area contributed by atoms with E-state index < -0.39 is 0 Å². The summed E-state index contributed by atoms with van der Waals surface area (Å²) in [6.45, 7) is 5.09. The predicted molar refractivity (Wildman–Crippen MR) is 124 cm³/mol. The minimum atomic E-state index is -0.337. The molecule has 1 aliphatic rings. The molecule has 2 aromatic rings. The number of para-hydroxylation sites is 1. The maximum absolute atomic E-state index is 12.9. The summed E-state index contributed by atoms with van der Waals surface area (Å²) in [5.74, 6) is -0.379. The molecule has 3 rings (SSSR count). The first-order chi connectivity index (χ1) is 14.4. The Hall–Kier alpha value is -3.03. The number of carbonyl (C=O) groups excluding carboxylic acids is 2. The monoisotopic (exact) mass is 422 g/mol. The number of anilines is 1. The zero-order valence-corrected chi connectivity index (χ0v) is 18.0. The van der Waals surface area contributed by atoms with E-state index in [4.69, 9.17) is 12.2 Å². The Morgan fingerprint density at radius 2 is 1.67 bits per heavy atom. The van der Waals surface area contributed by atoms with Gasteiger partial charge in [0.15, 0.2) is 5.11 Å². The number of nitrogens with one attached hydrogen (secondary N) is 2. The van der Waals surface area contributed by atoms with Crippen molar-refractivity contribution in [3.8, 4) is 0 Å². The normalized spacial score (nSPS) is 14.5. The second-order valence-corrected chi connectivity index (χ2v) is 7.74. The molecule has 2 amide bonds. The minimum Gasteiger partial charge on any atom is -0.336 e. The number of likely N-dealkylation sites (N-methyl/N-ethyl adjacent to an activating group) is 1. The van der Waals surface area contributed by atoms with Crippen molar-refractivity contribution < 1.29 is 9.59 Å². The third-order valence-electron chi connectivity index (χ3n) is 4.94. The lowest BCUT2D eigenvalue weighted by molar-refractivity contribution is -0.115. The fraction of sp³-hybridized carbons (Fsp3) is 0.261. The zero-order valence-electron chi connectivity index (χ0n) is 17.2. The summed E-state index contributed by atoms with van der Waals surface area (Å²) in [6.07, 6.45) is 3.15. The maximum atomic E-state index is 12.9. The predicted octanol–water partition coefficient (Wildman–Crippen LogP) is 2.91. The molecule has 0 atom stereocenters. The molecule has 30 heavy (non-hydrogen) atoms. The first kappa shape index (κ1) is 21.7. The highest BCUT2D eigenvalue weighted by atomic mass is 32.1. The van der Waals surface area contributed by atoms with Crippen LogP contribution < -0.4 is 10.6 Å². The molecule has 7 heteroatoms. The Bertz CT molecular complexity index is 948. The Morgan fingerprint density at radius 3 is 2.37 bits per heavy atom. The summed E-state index contributed by atoms with van der Waals surface area (Å²) in [7, 11) is 2.05. The molecule has 0 aromatic heterocycles. The summed E-state index contributed by atoms with van der Waals surface area (Å²) < 4.78 is 0. The van der Waals surface area contributed by atoms with E-state index in [1.165, 1.54) is 6.08 Å². The van der Waals surface area contributed by atoms with Crippen molar-refractivity contribution in [3.05, 3.63) is 71.3 Å². The third kappa shape index (κ3) is 5.98. The van der Waals surface area contributed by atoms with Crippen LogP contribution in [0.3, 0.4) is 0 Å². The number of aryl methyl sites for hydroxylation is 1. The number of nitrogens with zero attached hydrogens (tertiary/aromatic N) is 2. The number of thiocarbonyl (C=S) groups is 1. The smallest absolute Gasteiger partial charge is 0.256 e. The van der Waals surface area contributed by atoms with Gasteiger partial charge in [-0.05, 0) is 50.0 Å². The van der Waals surface area contributed by atoms with Gasteiger partial charge in [-0.2, -0.15) is 0 Å². The fourth-order valence-electron chi connectivity index (χ4n) is 3.12. The van der Waals surface area contributed by atoms with E-state index in [0.717, 1.165) is 24.2 Å². The number of hydrogen-bond acceptors (Lipinski definition) is 4. The van der Waals surface area contributed by atoms with E-state index in [0.29, 0.717) is 24.3 Å². The molecule has 1 heterocycles. The van der Waals surface area contributed by atoms with Crippen LogP contribution in [0.5, 0.6) is 0 Å². The number of rotatable bonds is 4. The highest BCUT2D eigenvalue weighted by Gasteiger charge is 2.22. The summed E-state index contributed by atoms with van der Waals surface area (Å²) in [5.41, 5.74) is 3.20. The first-order valence-electron chi connectivity index (χ1n) is 9.86. The number of amides is 2. The lowest BCUT2D eigenvalue weighted by Crippen LogP contribution is -2.47. The summed E-state index contributed by atoms with van der Waals surface area (Å²) in [5, 5.41) is 5.75. The highest BCUT2D eigenvalue weighted by molar-refractivity contribution is 7.80. The van der Waals surface area contributed by atoms with E-state index in [1.54, 1.807) is 18.2 Å². The zero-order chi connectivity index (χ0) is 21.5. The van der Waals surface area contributed by atoms with Gasteiger partial charge < -0.3 is 15.1 Å². The molecule has 6 nitrogen and oxygen atoms in total. The molecule has 0 aliphatic carbocycles. The standard InChI is InChI=1S/C23H26N4O2S/c1-17-7-9-18(10-8-17)11-12-21(28)25-23(30)24-20-6-4-3-5-19(20)22(29)27-15-13-26(2)14-16-27/h3-12H,13-16H2,1-2H3,(H2,24,25,28,30)/b12-11+. The second kappa shape index (κ2) is 10.1. The molecule has 0 bridgehead atoms. The Labute approximate surface area is 182 Å². The average Bonchev–Trinajstić information content (AvgIpc) is 2.74. The maximum Gasteiger partial charge on any atom is 0.256 e. The van der Waals surface area contributed by atoms with Gasteiger partial charge in [-0.15, -0.1) is 0 Å². The quantitative estimate of drug-likeness (QED) is 0.586. The van der Waals surface area contributed by atoms with Crippen molar-refractivity contribution in [3.63, 3.8) is 0 Å². The van der Waals surface area contributed by atoms with Crippen molar-refractivity contribution in [1.29, 1.82) is 0 Å². The molecule has 2 N–H and O–H groups in total. The molecule has 1 fully saturated rings. The van der Waals surface area contributed by atoms with Gasteiger partial charge in [0.1, 0.15) is 0 Å². The van der Waals surface area contributed by atoms with Gasteiger partial charge in [-0.1, -0.05) is 42.0 Å². The van der Waals surface area contributed by atoms with Crippen molar-refractivity contribution in [2.24, 2.45) is 0 Å². The number of hydrogen-bond donors (Lipinski definition) is 2. The topological polar surface area (TPSA) is 64.7 Å². The molecule has 0 spiro atoms. The van der Waals surface area contributed by atoms with Crippen LogP contribution in [0.15, 0.2) is 54.6 Å². The van der Waals surface area contributed by atoms with E-state index >= 15 is 0 Å². The molecule has 0 radical (unpaired) electrons. The lowest BCUT2D eigenvalue weighted by atomic mass is 10.1. The van der Waals surface area contributed by atoms with Crippen molar-refractivity contribution in [2.75, 3.05) is 38.5 Å². The van der Waals surface area contributed by atoms with Crippen LogP contribution in [0, 0.1) is 6.92 Å². The molecule has 2 aromatic carbocycles. The van der Waals surface area contributed by atoms with E-state index in [1.807, 2.05) is 55.3 Å². The van der Waals surface area contributed by atoms with Gasteiger partial charge in [0, 0.05) is 32.3 Å². The van der Waals surface area contributed by atoms with Crippen LogP contribution in [0.25, 0.3) is 6.08 Å². The van der Waals surface area contributed by atoms with Gasteiger partial charge in [0.2, 0.25) is 5.91 Å². The molecule has 156 valence electrons. The minimum absolute atomic E-state index is 0.0420. The number of benzene rings is 2. The first-order valence-corrected chi connectivity index (χ1v) is 10.3. The largest absolute Gasteiger partial charge is 0.336 e. The van der Waals surface area contributed by atoms with Crippen molar-refractivity contribution >= 4 is 40.9 Å². The SMILES string of the molecule is Cc1ccc(/C=C/C(=O)NC(=S)Nc2ccccc2C(=O)N2CCN(C)CC2)cc1. The van der Waals surface area contributed by atoms with Gasteiger partial charge in [-0.25, -0.2) is 0 Å². The van der Waals surface area contributed by atoms with E-state index in [9.17, 15) is 9.59 Å². The van der Waals surface area contributed by atoms with Crippen LogP contribution in [-0.2, 0) is 4.79 Å². The summed E-state index contributed by atoms with van der Waals surface area (Å²) in [6, 6.07) is 15.0. The Morgan fingerprint density at radius 1 is 1.00 bits per heavy atom. The Kier molecular flexibility index (Phi) is 7.32. The van der Waals surface area contributed by atoms with Crippen molar-refractivity contribution in [2.45, 2.75) is 6.92 Å². The lowest BCUT2D eigenvalue weighted by Gasteiger charge is -2.32. The molecule has 1 aliphatic heterocycles. The number of carbonyl (C=O) groups is 2. The average molecular weight is 423 g/mol. The van der Waals surface area contributed by atoms with Crippen LogP contribution >= 0.6 is 12.2 Å². The van der Waals surface area contributed by atoms with Crippen molar-refractivity contribution in [1.82, 2.24) is 15.1 Å². The Balaban J connectivity index is 1.60. The summed E-state index contributed by atoms with van der Waals surface area (Å²) in [4.78, 5) is 29.2. The van der Waals surface area contributed by atoms with Crippen LogP contribution in [0.2, 0.25) is 0 Å². The van der Waals surface area contributed by atoms with E-state index in [2.05, 4.69) is 15.5 Å². The summed E-state index contributed by atoms with van der Waals surface area (Å²) >= 11 is 5.27. The van der Waals surface area contributed by atoms with Gasteiger partial charge >= 0.3 is 0 Å². The van der Waals surface area contributed by atoms with Crippen LogP contribution in [0.1, 0.15) is 21.5 Å². The van der Waals surface area contributed by atoms with Gasteiger partial charge in [0.05, 0.1) is 11.3 Å². The second-order valence-electron chi connectivity index (χ2n) is 7.33. The molecule has 0 unspecified atom stereocenters. The van der Waals surface area contributed by atoms with Gasteiger partial charge in [0.25, 0.3) is 5.91 Å². The molecule has 0 saturated carbocycles. The third-order valence-corrected chi connectivity index (χ3v) is 5.14. The van der Waals surface area contributed by atoms with Crippen LogP contribution in [-0.4, -0.2) is 60.0 Å². The van der Waals surface area contributed by atoms with E-state index in [-0.39, 0.29) is 16.9 Å². The highest BCUT2D eigenvalue weighted by Crippen LogP contribution is 2.18. The fourth-order valence-corrected chi connectivity index (χ4v) is 3.33. The molecular weight excluding hydrogens is 396 g/mol. The van der Waals surface area contributed by atoms with Gasteiger partial charge in [-0.3, -0.25) is 14.9 Å². The molecule has 1 saturated heterocycles. The van der Waals surface area contributed by atoms with Crippen LogP contribution in [0.4, 0.5) is 5.69 Å².